The van der Waals surface area contributed by atoms with Gasteiger partial charge in [0, 0.05) is 13.7 Å². The Balaban J connectivity index is 1.36. The van der Waals surface area contributed by atoms with Crippen molar-refractivity contribution in [1.29, 1.82) is 0 Å². The van der Waals surface area contributed by atoms with Gasteiger partial charge in [-0.05, 0) is 50.7 Å². The topological polar surface area (TPSA) is 93.3 Å². The minimum absolute atomic E-state index is 0.00988. The molecule has 1 saturated heterocycles. The summed E-state index contributed by atoms with van der Waals surface area (Å²) in [5, 5.41) is 4.77. The molecular formula is C23H26ClN5O4. The van der Waals surface area contributed by atoms with Crippen molar-refractivity contribution >= 4 is 35.2 Å². The third kappa shape index (κ3) is 3.28. The number of rotatable bonds is 5. The van der Waals surface area contributed by atoms with Crippen molar-refractivity contribution in [2.24, 2.45) is 4.99 Å². The van der Waals surface area contributed by atoms with Gasteiger partial charge in [0.2, 0.25) is 5.82 Å². The molecule has 6 rings (SSSR count). The maximum Gasteiger partial charge on any atom is 0.254 e. The summed E-state index contributed by atoms with van der Waals surface area (Å²) in [4.78, 5) is 26.8. The number of amides is 1. The molecule has 10 heteroatoms. The summed E-state index contributed by atoms with van der Waals surface area (Å²) in [6, 6.07) is 4.42. The van der Waals surface area contributed by atoms with E-state index in [-0.39, 0.29) is 12.0 Å². The van der Waals surface area contributed by atoms with E-state index in [0.717, 1.165) is 50.8 Å². The third-order valence-corrected chi connectivity index (χ3v) is 7.60. The van der Waals surface area contributed by atoms with Crippen molar-refractivity contribution in [2.75, 3.05) is 30.1 Å². The molecule has 0 radical (unpaired) electrons. The van der Waals surface area contributed by atoms with Crippen LogP contribution in [0.4, 0.5) is 11.4 Å². The van der Waals surface area contributed by atoms with Crippen LogP contribution in [0.1, 0.15) is 56.3 Å². The van der Waals surface area contributed by atoms with Crippen LogP contribution in [0.25, 0.3) is 0 Å². The molecule has 0 bridgehead atoms. The average molecular weight is 472 g/mol. The molecule has 3 unspecified atom stereocenters. The van der Waals surface area contributed by atoms with Crippen LogP contribution < -0.4 is 9.80 Å². The molecule has 0 spiro atoms. The number of methoxy groups -OCH3 is 1. The number of hydrogen-bond donors (Lipinski definition) is 0. The Kier molecular flexibility index (Phi) is 5.15. The fraction of sp³-hybridized carbons (Fsp3) is 0.565. The first kappa shape index (κ1) is 21.1. The van der Waals surface area contributed by atoms with Gasteiger partial charge in [-0.15, -0.1) is 0 Å². The molecule has 174 valence electrons. The first-order chi connectivity index (χ1) is 16.1. The van der Waals surface area contributed by atoms with E-state index >= 15 is 0 Å². The quantitative estimate of drug-likeness (QED) is 0.657. The summed E-state index contributed by atoms with van der Waals surface area (Å²) in [5.74, 6) is 0.762. The number of halogens is 1. The molecule has 1 amide bonds. The van der Waals surface area contributed by atoms with Crippen molar-refractivity contribution in [3.63, 3.8) is 0 Å². The number of fused-ring (bicyclic) bond motifs is 3. The summed E-state index contributed by atoms with van der Waals surface area (Å²) in [5.41, 5.74) is 1.01. The van der Waals surface area contributed by atoms with Gasteiger partial charge in [0.25, 0.3) is 11.8 Å². The summed E-state index contributed by atoms with van der Waals surface area (Å²) in [6.45, 7) is 1.17. The second kappa shape index (κ2) is 8.07. The van der Waals surface area contributed by atoms with Gasteiger partial charge in [-0.25, -0.2) is 0 Å². The van der Waals surface area contributed by atoms with Crippen LogP contribution in [0.2, 0.25) is 5.02 Å². The van der Waals surface area contributed by atoms with Crippen molar-refractivity contribution in [3.05, 3.63) is 34.9 Å². The lowest BCUT2D eigenvalue weighted by Gasteiger charge is -2.40. The zero-order chi connectivity index (χ0) is 22.6. The molecule has 0 N–H and O–H groups in total. The summed E-state index contributed by atoms with van der Waals surface area (Å²) >= 11 is 6.58. The van der Waals surface area contributed by atoms with Gasteiger partial charge < -0.3 is 23.8 Å². The Morgan fingerprint density at radius 2 is 2.12 bits per heavy atom. The number of carbonyl (C=O) groups is 1. The Hall–Kier alpha value is -2.49. The molecule has 2 aromatic rings. The highest BCUT2D eigenvalue weighted by Crippen LogP contribution is 2.46. The number of hydrogen-bond acceptors (Lipinski definition) is 8. The smallest absolute Gasteiger partial charge is 0.254 e. The standard InChI is InChI=1S/C23H26ClN5O4/c1-31-23(9-2-3-10-23)22-26-20(33-27-22)17-19-21(30)28(12-14-6-5-11-32-14)18-15(24)7-4-8-16(18)29(19)13-25-17/h4,7-8,13-14,17,19H,2-3,5-6,9-12H2,1H3. The highest BCUT2D eigenvalue weighted by molar-refractivity contribution is 6.35. The molecule has 9 nitrogen and oxygen atoms in total. The van der Waals surface area contributed by atoms with Crippen LogP contribution in [0.5, 0.6) is 0 Å². The highest BCUT2D eigenvalue weighted by atomic mass is 35.5. The predicted molar refractivity (Wildman–Crippen MR) is 122 cm³/mol. The molecule has 1 aromatic heterocycles. The summed E-state index contributed by atoms with van der Waals surface area (Å²) < 4.78 is 17.3. The van der Waals surface area contributed by atoms with Crippen LogP contribution in [0.3, 0.4) is 0 Å². The molecule has 4 aliphatic rings. The van der Waals surface area contributed by atoms with E-state index in [4.69, 9.17) is 25.6 Å². The second-order valence-electron chi connectivity index (χ2n) is 9.11. The Labute approximate surface area is 196 Å². The first-order valence-corrected chi connectivity index (χ1v) is 11.9. The van der Waals surface area contributed by atoms with Gasteiger partial charge in [-0.2, -0.15) is 4.98 Å². The number of aliphatic imine (C=N–C) groups is 1. The second-order valence-corrected chi connectivity index (χ2v) is 9.52. The molecule has 1 aromatic carbocycles. The fourth-order valence-electron chi connectivity index (χ4n) is 5.54. The maximum atomic E-state index is 13.9. The maximum absolute atomic E-state index is 13.9. The van der Waals surface area contributed by atoms with Crippen molar-refractivity contribution < 1.29 is 18.8 Å². The minimum atomic E-state index is -0.618. The Morgan fingerprint density at radius 3 is 2.88 bits per heavy atom. The van der Waals surface area contributed by atoms with E-state index in [0.29, 0.717) is 29.0 Å². The molecular weight excluding hydrogens is 446 g/mol. The zero-order valence-electron chi connectivity index (χ0n) is 18.4. The lowest BCUT2D eigenvalue weighted by atomic mass is 10.00. The number of ether oxygens (including phenoxy) is 2. The van der Waals surface area contributed by atoms with Crippen LogP contribution in [-0.4, -0.2) is 54.8 Å². The largest absolute Gasteiger partial charge is 0.376 e. The Bertz CT molecular complexity index is 1090. The lowest BCUT2D eigenvalue weighted by Crippen LogP contribution is -2.54. The number of benzene rings is 1. The van der Waals surface area contributed by atoms with Gasteiger partial charge in [-0.1, -0.05) is 22.8 Å². The SMILES string of the molecule is COC1(c2noc(C3N=CN4c5cccc(Cl)c5N(CC5CCCO5)C(=O)C34)n2)CCCC1. The lowest BCUT2D eigenvalue weighted by molar-refractivity contribution is -0.120. The number of anilines is 2. The monoisotopic (exact) mass is 471 g/mol. The van der Waals surface area contributed by atoms with Crippen LogP contribution in [-0.2, 0) is 19.9 Å². The van der Waals surface area contributed by atoms with Gasteiger partial charge >= 0.3 is 0 Å². The van der Waals surface area contributed by atoms with Gasteiger partial charge in [-0.3, -0.25) is 9.79 Å². The normalized spacial score (nSPS) is 27.9. The van der Waals surface area contributed by atoms with E-state index in [1.165, 1.54) is 0 Å². The van der Waals surface area contributed by atoms with Crippen LogP contribution >= 0.6 is 11.6 Å². The van der Waals surface area contributed by atoms with E-state index in [2.05, 4.69) is 15.1 Å². The highest BCUT2D eigenvalue weighted by Gasteiger charge is 2.50. The van der Waals surface area contributed by atoms with Crippen LogP contribution in [0, 0.1) is 0 Å². The van der Waals surface area contributed by atoms with E-state index in [1.54, 1.807) is 24.4 Å². The molecule has 4 heterocycles. The summed E-state index contributed by atoms with van der Waals surface area (Å²) in [7, 11) is 1.69. The van der Waals surface area contributed by atoms with Crippen molar-refractivity contribution in [3.8, 4) is 0 Å². The summed E-state index contributed by atoms with van der Waals surface area (Å²) in [6.07, 6.45) is 7.41. The molecule has 2 fully saturated rings. The number of carbonyl (C=O) groups excluding carboxylic acids is 1. The zero-order valence-corrected chi connectivity index (χ0v) is 19.2. The van der Waals surface area contributed by atoms with Gasteiger partial charge in [0.15, 0.2) is 6.04 Å². The number of aromatic nitrogens is 2. The number of nitrogens with zero attached hydrogens (tertiary/aromatic N) is 5. The molecule has 3 aliphatic heterocycles. The number of para-hydroxylation sites is 1. The van der Waals surface area contributed by atoms with Crippen LogP contribution in [0.15, 0.2) is 27.7 Å². The first-order valence-electron chi connectivity index (χ1n) is 11.5. The molecule has 1 saturated carbocycles. The van der Waals surface area contributed by atoms with Gasteiger partial charge in [0.05, 0.1) is 35.4 Å². The van der Waals surface area contributed by atoms with E-state index in [9.17, 15) is 4.79 Å². The predicted octanol–water partition coefficient (Wildman–Crippen LogP) is 3.62. The van der Waals surface area contributed by atoms with E-state index in [1.807, 2.05) is 17.0 Å². The third-order valence-electron chi connectivity index (χ3n) is 7.30. The van der Waals surface area contributed by atoms with Crippen molar-refractivity contribution in [1.82, 2.24) is 10.1 Å². The fourth-order valence-corrected chi connectivity index (χ4v) is 5.81. The Morgan fingerprint density at radius 1 is 1.27 bits per heavy atom. The molecule has 33 heavy (non-hydrogen) atoms. The van der Waals surface area contributed by atoms with E-state index < -0.39 is 17.7 Å². The minimum Gasteiger partial charge on any atom is -0.376 e. The molecule has 1 aliphatic carbocycles. The van der Waals surface area contributed by atoms with Gasteiger partial charge in [0.1, 0.15) is 11.6 Å². The van der Waals surface area contributed by atoms with Crippen molar-refractivity contribution in [2.45, 2.75) is 62.3 Å². The average Bonchev–Trinajstić information content (AvgIpc) is 3.61. The molecule has 3 atom stereocenters.